The molecule has 1 aromatic heterocycles. The summed E-state index contributed by atoms with van der Waals surface area (Å²) in [5.41, 5.74) is 0.922. The lowest BCUT2D eigenvalue weighted by Crippen LogP contribution is -2.48. The number of rotatable bonds is 4. The van der Waals surface area contributed by atoms with Gasteiger partial charge in [-0.05, 0) is 13.0 Å². The maximum Gasteiger partial charge on any atom is 0.283 e. The molecule has 3 rings (SSSR count). The molecule has 0 radical (unpaired) electrons. The maximum atomic E-state index is 13.0. The Hall–Kier alpha value is -2.16. The second kappa shape index (κ2) is 8.48. The van der Waals surface area contributed by atoms with Gasteiger partial charge in [-0.25, -0.2) is 0 Å². The summed E-state index contributed by atoms with van der Waals surface area (Å²) in [7, 11) is 1.60. The number of carbonyl (C=O) groups excluding carboxylic acids is 1. The van der Waals surface area contributed by atoms with Crippen LogP contribution >= 0.6 is 23.7 Å². The monoisotopic (exact) mass is 397 g/mol. The quantitative estimate of drug-likeness (QED) is 0.632. The first-order valence-electron chi connectivity index (χ1n) is 7.92. The highest BCUT2D eigenvalue weighted by Gasteiger charge is 2.32. The molecule has 1 fully saturated rings. The number of carbonyl (C=O) groups is 1. The van der Waals surface area contributed by atoms with Crippen molar-refractivity contribution in [3.05, 3.63) is 55.8 Å². The van der Waals surface area contributed by atoms with Crippen molar-refractivity contribution >= 4 is 35.3 Å². The Balaban J connectivity index is 0.00000243. The van der Waals surface area contributed by atoms with Crippen LogP contribution < -0.4 is 10.1 Å². The van der Waals surface area contributed by atoms with Crippen molar-refractivity contribution in [2.45, 2.75) is 13.0 Å². The summed E-state index contributed by atoms with van der Waals surface area (Å²) in [6.45, 7) is 3.49. The normalized spacial score (nSPS) is 16.7. The van der Waals surface area contributed by atoms with Gasteiger partial charge in [0.2, 0.25) is 0 Å². The maximum absolute atomic E-state index is 13.0. The SMILES string of the molecule is COc1ccccc1C1CNCCN1C(=O)c1cc([N+](=O)[O-])c(C)s1.Cl. The van der Waals surface area contributed by atoms with Crippen LogP contribution in [0.1, 0.15) is 26.2 Å². The van der Waals surface area contributed by atoms with Gasteiger partial charge in [-0.3, -0.25) is 14.9 Å². The lowest BCUT2D eigenvalue weighted by Gasteiger charge is -2.36. The number of halogens is 1. The first kappa shape index (κ1) is 20.2. The topological polar surface area (TPSA) is 84.7 Å². The number of methoxy groups -OCH3 is 1. The molecule has 0 saturated carbocycles. The number of nitrogens with one attached hydrogen (secondary N) is 1. The van der Waals surface area contributed by atoms with E-state index >= 15 is 0 Å². The third-order valence-electron chi connectivity index (χ3n) is 4.30. The summed E-state index contributed by atoms with van der Waals surface area (Å²) in [4.78, 5) is 26.3. The number of ether oxygens (including phenoxy) is 1. The number of aryl methyl sites for hydroxylation is 1. The van der Waals surface area contributed by atoms with Gasteiger partial charge in [0.15, 0.2) is 0 Å². The van der Waals surface area contributed by atoms with E-state index in [1.807, 2.05) is 24.3 Å². The number of hydrogen-bond acceptors (Lipinski definition) is 6. The molecule has 140 valence electrons. The van der Waals surface area contributed by atoms with Crippen molar-refractivity contribution in [1.29, 1.82) is 0 Å². The third-order valence-corrected chi connectivity index (χ3v) is 5.33. The Morgan fingerprint density at radius 2 is 2.15 bits per heavy atom. The molecule has 2 aromatic rings. The molecule has 1 atom stereocenters. The average Bonchev–Trinajstić information content (AvgIpc) is 3.03. The lowest BCUT2D eigenvalue weighted by atomic mass is 10.0. The van der Waals surface area contributed by atoms with E-state index in [9.17, 15) is 14.9 Å². The Morgan fingerprint density at radius 1 is 1.42 bits per heavy atom. The summed E-state index contributed by atoms with van der Waals surface area (Å²) in [5.74, 6) is 0.543. The van der Waals surface area contributed by atoms with Crippen LogP contribution in [0.3, 0.4) is 0 Å². The number of nitrogens with zero attached hydrogens (tertiary/aromatic N) is 2. The van der Waals surface area contributed by atoms with Crippen LogP contribution in [-0.4, -0.2) is 42.5 Å². The molecule has 1 aliphatic heterocycles. The van der Waals surface area contributed by atoms with E-state index < -0.39 is 4.92 Å². The lowest BCUT2D eigenvalue weighted by molar-refractivity contribution is -0.385. The molecule has 26 heavy (non-hydrogen) atoms. The van der Waals surface area contributed by atoms with Gasteiger partial charge in [-0.2, -0.15) is 0 Å². The van der Waals surface area contributed by atoms with Crippen molar-refractivity contribution in [2.75, 3.05) is 26.7 Å². The van der Waals surface area contributed by atoms with E-state index in [1.165, 1.54) is 17.4 Å². The number of benzene rings is 1. The van der Waals surface area contributed by atoms with E-state index in [0.717, 1.165) is 11.3 Å². The van der Waals surface area contributed by atoms with Crippen molar-refractivity contribution in [1.82, 2.24) is 10.2 Å². The van der Waals surface area contributed by atoms with Crippen molar-refractivity contribution in [2.24, 2.45) is 0 Å². The van der Waals surface area contributed by atoms with Gasteiger partial charge < -0.3 is 15.0 Å². The highest BCUT2D eigenvalue weighted by atomic mass is 35.5. The van der Waals surface area contributed by atoms with Gasteiger partial charge in [0.25, 0.3) is 11.6 Å². The average molecular weight is 398 g/mol. The van der Waals surface area contributed by atoms with Crippen LogP contribution in [0.25, 0.3) is 0 Å². The van der Waals surface area contributed by atoms with Crippen molar-refractivity contribution in [3.63, 3.8) is 0 Å². The molecule has 1 amide bonds. The zero-order valence-electron chi connectivity index (χ0n) is 14.4. The molecule has 0 spiro atoms. The summed E-state index contributed by atoms with van der Waals surface area (Å²) in [5, 5.41) is 14.4. The Morgan fingerprint density at radius 3 is 2.81 bits per heavy atom. The molecular formula is C17H20ClN3O4S. The second-order valence-electron chi connectivity index (χ2n) is 5.77. The summed E-state index contributed by atoms with van der Waals surface area (Å²) in [6.07, 6.45) is 0. The molecule has 1 aliphatic rings. The van der Waals surface area contributed by atoms with Gasteiger partial charge in [-0.1, -0.05) is 18.2 Å². The molecule has 9 heteroatoms. The van der Waals surface area contributed by atoms with E-state index in [1.54, 1.807) is 18.9 Å². The summed E-state index contributed by atoms with van der Waals surface area (Å²) >= 11 is 1.17. The molecule has 1 N–H and O–H groups in total. The molecule has 1 saturated heterocycles. The number of nitro groups is 1. The third kappa shape index (κ3) is 3.82. The van der Waals surface area contributed by atoms with Crippen LogP contribution in [0.5, 0.6) is 5.75 Å². The van der Waals surface area contributed by atoms with Gasteiger partial charge >= 0.3 is 0 Å². The van der Waals surface area contributed by atoms with Crippen LogP contribution in [-0.2, 0) is 0 Å². The minimum atomic E-state index is -0.446. The zero-order chi connectivity index (χ0) is 18.0. The second-order valence-corrected chi connectivity index (χ2v) is 7.03. The summed E-state index contributed by atoms with van der Waals surface area (Å²) < 4.78 is 5.43. The summed E-state index contributed by atoms with van der Waals surface area (Å²) in [6, 6.07) is 8.81. The Bertz CT molecular complexity index is 811. The molecule has 1 unspecified atom stereocenters. The fraction of sp³-hybridized carbons (Fsp3) is 0.353. The van der Waals surface area contributed by atoms with Gasteiger partial charge in [0, 0.05) is 31.3 Å². The minimum absolute atomic E-state index is 0. The van der Waals surface area contributed by atoms with E-state index in [0.29, 0.717) is 29.4 Å². The number of hydrogen-bond donors (Lipinski definition) is 1. The van der Waals surface area contributed by atoms with Crippen molar-refractivity contribution in [3.8, 4) is 5.75 Å². The Labute approximate surface area is 161 Å². The molecule has 1 aromatic carbocycles. The highest BCUT2D eigenvalue weighted by molar-refractivity contribution is 7.14. The first-order valence-corrected chi connectivity index (χ1v) is 8.74. The van der Waals surface area contributed by atoms with Gasteiger partial charge in [0.1, 0.15) is 5.75 Å². The standard InChI is InChI=1S/C17H19N3O4S.ClH/c1-11-13(20(22)23)9-16(25-11)17(21)19-8-7-18-10-14(19)12-5-3-4-6-15(12)24-2;/h3-6,9,14,18H,7-8,10H2,1-2H3;1H. The van der Waals surface area contributed by atoms with E-state index in [2.05, 4.69) is 5.32 Å². The number of thiophene rings is 1. The Kier molecular flexibility index (Phi) is 6.57. The van der Waals surface area contributed by atoms with Crippen molar-refractivity contribution < 1.29 is 14.5 Å². The predicted octanol–water partition coefficient (Wildman–Crippen LogP) is 3.18. The van der Waals surface area contributed by atoms with Crippen LogP contribution in [0.15, 0.2) is 30.3 Å². The number of amides is 1. The molecule has 2 heterocycles. The number of piperazine rings is 1. The van der Waals surface area contributed by atoms with Gasteiger partial charge in [0.05, 0.1) is 27.8 Å². The largest absolute Gasteiger partial charge is 0.496 e. The zero-order valence-corrected chi connectivity index (χ0v) is 16.1. The fourth-order valence-electron chi connectivity index (χ4n) is 3.07. The number of para-hydroxylation sites is 1. The molecule has 0 aliphatic carbocycles. The van der Waals surface area contributed by atoms with E-state index in [-0.39, 0.29) is 30.0 Å². The smallest absolute Gasteiger partial charge is 0.283 e. The van der Waals surface area contributed by atoms with Crippen LogP contribution in [0.4, 0.5) is 5.69 Å². The van der Waals surface area contributed by atoms with Gasteiger partial charge in [-0.15, -0.1) is 23.7 Å². The molecular weight excluding hydrogens is 378 g/mol. The first-order chi connectivity index (χ1) is 12.0. The van der Waals surface area contributed by atoms with E-state index in [4.69, 9.17) is 4.74 Å². The predicted molar refractivity (Wildman–Crippen MR) is 103 cm³/mol. The highest BCUT2D eigenvalue weighted by Crippen LogP contribution is 2.34. The van der Waals surface area contributed by atoms with Crippen LogP contribution in [0, 0.1) is 17.0 Å². The molecule has 7 nitrogen and oxygen atoms in total. The fourth-order valence-corrected chi connectivity index (χ4v) is 4.01. The van der Waals surface area contributed by atoms with Crippen LogP contribution in [0.2, 0.25) is 0 Å². The molecule has 0 bridgehead atoms. The minimum Gasteiger partial charge on any atom is -0.496 e.